The summed E-state index contributed by atoms with van der Waals surface area (Å²) in [5, 5.41) is 0.0423. The fraction of sp³-hybridized carbons (Fsp3) is 0.0714. The Morgan fingerprint density at radius 2 is 2.00 bits per heavy atom. The maximum absolute atomic E-state index is 13.3. The van der Waals surface area contributed by atoms with Crippen LogP contribution in [0.4, 0.5) is 4.39 Å². The van der Waals surface area contributed by atoms with E-state index in [1.807, 2.05) is 6.92 Å². The quantitative estimate of drug-likeness (QED) is 0.769. The standard InChI is InChI=1S/C14H10ClFO2/c1-9-2-3-10(8-17)6-14(9)18-11-4-5-12(15)13(16)7-11/h2-8H,1H3. The molecule has 2 rings (SSSR count). The first kappa shape index (κ1) is 12.6. The number of hydrogen-bond acceptors (Lipinski definition) is 2. The van der Waals surface area contributed by atoms with Gasteiger partial charge in [0, 0.05) is 11.6 Å². The Morgan fingerprint density at radius 1 is 1.22 bits per heavy atom. The molecule has 18 heavy (non-hydrogen) atoms. The van der Waals surface area contributed by atoms with Crippen LogP contribution in [0.5, 0.6) is 11.5 Å². The van der Waals surface area contributed by atoms with Gasteiger partial charge in [0.15, 0.2) is 0 Å². The van der Waals surface area contributed by atoms with E-state index in [2.05, 4.69) is 0 Å². The van der Waals surface area contributed by atoms with Crippen molar-refractivity contribution < 1.29 is 13.9 Å². The van der Waals surface area contributed by atoms with Crippen molar-refractivity contribution in [1.82, 2.24) is 0 Å². The highest BCUT2D eigenvalue weighted by Gasteiger charge is 2.06. The van der Waals surface area contributed by atoms with Crippen LogP contribution in [0.25, 0.3) is 0 Å². The number of benzene rings is 2. The van der Waals surface area contributed by atoms with Crippen molar-refractivity contribution in [2.75, 3.05) is 0 Å². The lowest BCUT2D eigenvalue weighted by atomic mass is 10.1. The third-order valence-electron chi connectivity index (χ3n) is 2.47. The number of aldehydes is 1. The molecule has 0 unspecified atom stereocenters. The summed E-state index contributed by atoms with van der Waals surface area (Å²) in [6, 6.07) is 9.26. The van der Waals surface area contributed by atoms with Crippen LogP contribution in [-0.2, 0) is 0 Å². The first-order chi connectivity index (χ1) is 8.60. The fourth-order valence-electron chi connectivity index (χ4n) is 1.47. The van der Waals surface area contributed by atoms with Gasteiger partial charge in [0.1, 0.15) is 23.6 Å². The second-order valence-corrected chi connectivity index (χ2v) is 4.23. The van der Waals surface area contributed by atoms with Gasteiger partial charge < -0.3 is 4.74 Å². The maximum atomic E-state index is 13.3. The summed E-state index contributed by atoms with van der Waals surface area (Å²) in [6.07, 6.45) is 0.731. The van der Waals surface area contributed by atoms with Crippen LogP contribution in [0.15, 0.2) is 36.4 Å². The lowest BCUT2D eigenvalue weighted by Crippen LogP contribution is -1.90. The van der Waals surface area contributed by atoms with Gasteiger partial charge in [0.2, 0.25) is 0 Å². The van der Waals surface area contributed by atoms with E-state index in [9.17, 15) is 9.18 Å². The second kappa shape index (κ2) is 5.19. The van der Waals surface area contributed by atoms with E-state index in [0.29, 0.717) is 17.1 Å². The van der Waals surface area contributed by atoms with Crippen molar-refractivity contribution in [2.24, 2.45) is 0 Å². The molecule has 0 spiro atoms. The van der Waals surface area contributed by atoms with Crippen LogP contribution in [0.3, 0.4) is 0 Å². The zero-order valence-corrected chi connectivity index (χ0v) is 10.4. The number of rotatable bonds is 3. The predicted octanol–water partition coefficient (Wildman–Crippen LogP) is 4.39. The SMILES string of the molecule is Cc1ccc(C=O)cc1Oc1ccc(Cl)c(F)c1. The minimum Gasteiger partial charge on any atom is -0.457 e. The van der Waals surface area contributed by atoms with E-state index in [1.165, 1.54) is 12.1 Å². The summed E-state index contributed by atoms with van der Waals surface area (Å²) >= 11 is 5.59. The van der Waals surface area contributed by atoms with Crippen molar-refractivity contribution in [3.8, 4) is 11.5 Å². The summed E-state index contributed by atoms with van der Waals surface area (Å²) in [4.78, 5) is 10.7. The van der Waals surface area contributed by atoms with Crippen LogP contribution in [-0.4, -0.2) is 6.29 Å². The number of ether oxygens (including phenoxy) is 1. The Morgan fingerprint density at radius 3 is 2.67 bits per heavy atom. The van der Waals surface area contributed by atoms with Crippen LogP contribution in [0.2, 0.25) is 5.02 Å². The molecule has 0 aliphatic rings. The van der Waals surface area contributed by atoms with Gasteiger partial charge in [-0.1, -0.05) is 23.7 Å². The molecular weight excluding hydrogens is 255 g/mol. The van der Waals surface area contributed by atoms with Crippen LogP contribution >= 0.6 is 11.6 Å². The van der Waals surface area contributed by atoms with E-state index in [-0.39, 0.29) is 5.02 Å². The van der Waals surface area contributed by atoms with E-state index < -0.39 is 5.82 Å². The van der Waals surface area contributed by atoms with Gasteiger partial charge in [-0.15, -0.1) is 0 Å². The lowest BCUT2D eigenvalue weighted by molar-refractivity contribution is 0.112. The monoisotopic (exact) mass is 264 g/mol. The summed E-state index contributed by atoms with van der Waals surface area (Å²) < 4.78 is 18.8. The molecule has 0 heterocycles. The Labute approximate surface area is 109 Å². The van der Waals surface area contributed by atoms with Crippen molar-refractivity contribution in [3.05, 3.63) is 58.4 Å². The van der Waals surface area contributed by atoms with Gasteiger partial charge in [0.25, 0.3) is 0 Å². The molecule has 0 aliphatic heterocycles. The number of aryl methyl sites for hydroxylation is 1. The molecule has 2 nitrogen and oxygen atoms in total. The lowest BCUT2D eigenvalue weighted by Gasteiger charge is -2.09. The Kier molecular flexibility index (Phi) is 3.63. The molecule has 4 heteroatoms. The zero-order valence-electron chi connectivity index (χ0n) is 9.61. The minimum absolute atomic E-state index is 0.0423. The van der Waals surface area contributed by atoms with Crippen LogP contribution < -0.4 is 4.74 Å². The van der Waals surface area contributed by atoms with Crippen molar-refractivity contribution >= 4 is 17.9 Å². The molecule has 0 amide bonds. The number of carbonyl (C=O) groups is 1. The third kappa shape index (κ3) is 2.68. The molecular formula is C14H10ClFO2. The van der Waals surface area contributed by atoms with E-state index in [4.69, 9.17) is 16.3 Å². The van der Waals surface area contributed by atoms with Gasteiger partial charge in [-0.25, -0.2) is 4.39 Å². The molecule has 2 aromatic rings. The first-order valence-electron chi connectivity index (χ1n) is 5.29. The Hall–Kier alpha value is -1.87. The topological polar surface area (TPSA) is 26.3 Å². The van der Waals surface area contributed by atoms with E-state index in [0.717, 1.165) is 11.8 Å². The molecule has 0 aromatic heterocycles. The molecule has 0 aliphatic carbocycles. The summed E-state index contributed by atoms with van der Waals surface area (Å²) in [7, 11) is 0. The van der Waals surface area contributed by atoms with E-state index in [1.54, 1.807) is 24.3 Å². The van der Waals surface area contributed by atoms with Gasteiger partial charge in [0.05, 0.1) is 5.02 Å². The molecule has 92 valence electrons. The highest BCUT2D eigenvalue weighted by Crippen LogP contribution is 2.28. The molecule has 0 atom stereocenters. The second-order valence-electron chi connectivity index (χ2n) is 3.82. The zero-order chi connectivity index (χ0) is 13.1. The minimum atomic E-state index is -0.543. The highest BCUT2D eigenvalue weighted by molar-refractivity contribution is 6.30. The molecule has 0 fully saturated rings. The molecule has 0 saturated carbocycles. The van der Waals surface area contributed by atoms with Crippen molar-refractivity contribution in [2.45, 2.75) is 6.92 Å². The highest BCUT2D eigenvalue weighted by atomic mass is 35.5. The fourth-order valence-corrected chi connectivity index (χ4v) is 1.58. The molecule has 0 radical (unpaired) electrons. The largest absolute Gasteiger partial charge is 0.457 e. The van der Waals surface area contributed by atoms with Gasteiger partial charge in [-0.3, -0.25) is 4.79 Å². The van der Waals surface area contributed by atoms with Gasteiger partial charge in [-0.05, 0) is 30.7 Å². The number of hydrogen-bond donors (Lipinski definition) is 0. The van der Waals surface area contributed by atoms with Gasteiger partial charge >= 0.3 is 0 Å². The number of halogens is 2. The van der Waals surface area contributed by atoms with Crippen LogP contribution in [0.1, 0.15) is 15.9 Å². The molecule has 0 saturated heterocycles. The maximum Gasteiger partial charge on any atom is 0.150 e. The molecule has 0 N–H and O–H groups in total. The molecule has 0 bridgehead atoms. The number of carbonyl (C=O) groups excluding carboxylic acids is 1. The Bertz CT molecular complexity index is 596. The van der Waals surface area contributed by atoms with Crippen LogP contribution in [0, 0.1) is 12.7 Å². The predicted molar refractivity (Wildman–Crippen MR) is 68.1 cm³/mol. The first-order valence-corrected chi connectivity index (χ1v) is 5.66. The smallest absolute Gasteiger partial charge is 0.150 e. The molecule has 2 aromatic carbocycles. The summed E-state index contributed by atoms with van der Waals surface area (Å²) in [5.74, 6) is 0.308. The Balaban J connectivity index is 2.33. The van der Waals surface area contributed by atoms with Crippen molar-refractivity contribution in [1.29, 1.82) is 0 Å². The third-order valence-corrected chi connectivity index (χ3v) is 2.77. The van der Waals surface area contributed by atoms with Gasteiger partial charge in [-0.2, -0.15) is 0 Å². The summed E-state index contributed by atoms with van der Waals surface area (Å²) in [6.45, 7) is 1.84. The average Bonchev–Trinajstić information content (AvgIpc) is 2.36. The average molecular weight is 265 g/mol. The van der Waals surface area contributed by atoms with E-state index >= 15 is 0 Å². The van der Waals surface area contributed by atoms with Crippen molar-refractivity contribution in [3.63, 3.8) is 0 Å². The summed E-state index contributed by atoms with van der Waals surface area (Å²) in [5.41, 5.74) is 1.36. The normalized spacial score (nSPS) is 10.2.